The van der Waals surface area contributed by atoms with Gasteiger partial charge in [-0.3, -0.25) is 14.3 Å². The van der Waals surface area contributed by atoms with E-state index in [1.165, 1.54) is 6.42 Å². The molecule has 1 amide bonds. The molecule has 1 aliphatic carbocycles. The second-order valence-electron chi connectivity index (χ2n) is 8.67. The number of nitrogens with one attached hydrogen (secondary N) is 1. The zero-order valence-electron chi connectivity index (χ0n) is 18.4. The number of carbonyl (C=O) groups is 1. The van der Waals surface area contributed by atoms with Gasteiger partial charge < -0.3 is 10.4 Å². The Kier molecular flexibility index (Phi) is 5.73. The monoisotopic (exact) mass is 441 g/mol. The molecule has 6 heteroatoms. The smallest absolute Gasteiger partial charge is 0.279 e. The molecule has 33 heavy (non-hydrogen) atoms. The Bertz CT molecular complexity index is 1330. The fourth-order valence-corrected chi connectivity index (χ4v) is 4.76. The summed E-state index contributed by atoms with van der Waals surface area (Å²) in [5, 5.41) is 12.9. The lowest BCUT2D eigenvalue weighted by Gasteiger charge is -2.26. The minimum Gasteiger partial charge on any atom is -0.508 e. The van der Waals surface area contributed by atoms with Crippen LogP contribution in [0.15, 0.2) is 77.6 Å². The standard InChI is InChI=1S/C27H27N3O3/c31-23-14-11-19(12-15-23)18-28-26(32)20-13-16-25-24(17-20)27(33)30(22-9-5-2-6-10-22)29(25)21-7-3-1-4-8-21/h2,5-6,9-17,21,31H,1,3-4,7-8,18H2,(H,28,32). The number of aromatic nitrogens is 2. The number of hydrogen-bond acceptors (Lipinski definition) is 3. The number of hydrogen-bond donors (Lipinski definition) is 2. The topological polar surface area (TPSA) is 76.3 Å². The maximum Gasteiger partial charge on any atom is 0.279 e. The molecule has 1 fully saturated rings. The van der Waals surface area contributed by atoms with Gasteiger partial charge in [0.25, 0.3) is 11.5 Å². The molecule has 5 rings (SSSR count). The number of aromatic hydroxyl groups is 1. The van der Waals surface area contributed by atoms with Crippen LogP contribution in [-0.4, -0.2) is 20.4 Å². The first kappa shape index (κ1) is 21.1. The van der Waals surface area contributed by atoms with E-state index in [2.05, 4.69) is 10.00 Å². The van der Waals surface area contributed by atoms with Crippen LogP contribution >= 0.6 is 0 Å². The number of amides is 1. The highest BCUT2D eigenvalue weighted by molar-refractivity contribution is 5.98. The van der Waals surface area contributed by atoms with Crippen molar-refractivity contribution >= 4 is 16.8 Å². The molecular weight excluding hydrogens is 414 g/mol. The molecule has 2 N–H and O–H groups in total. The van der Waals surface area contributed by atoms with Crippen LogP contribution in [0.2, 0.25) is 0 Å². The Morgan fingerprint density at radius 3 is 2.39 bits per heavy atom. The van der Waals surface area contributed by atoms with Gasteiger partial charge >= 0.3 is 0 Å². The van der Waals surface area contributed by atoms with Crippen LogP contribution in [0.5, 0.6) is 5.75 Å². The first-order valence-corrected chi connectivity index (χ1v) is 11.5. The number of carbonyl (C=O) groups excluding carboxylic acids is 1. The largest absolute Gasteiger partial charge is 0.508 e. The van der Waals surface area contributed by atoms with Crippen molar-refractivity contribution in [1.82, 2.24) is 14.7 Å². The fourth-order valence-electron chi connectivity index (χ4n) is 4.76. The number of para-hydroxylation sites is 1. The summed E-state index contributed by atoms with van der Waals surface area (Å²) in [6.07, 6.45) is 5.64. The Hall–Kier alpha value is -3.80. The summed E-state index contributed by atoms with van der Waals surface area (Å²) < 4.78 is 3.92. The number of nitrogens with zero attached hydrogens (tertiary/aromatic N) is 2. The van der Waals surface area contributed by atoms with E-state index >= 15 is 0 Å². The second-order valence-corrected chi connectivity index (χ2v) is 8.67. The van der Waals surface area contributed by atoms with Gasteiger partial charge in [-0.2, -0.15) is 0 Å². The molecule has 1 aliphatic rings. The summed E-state index contributed by atoms with van der Waals surface area (Å²) in [5.74, 6) is -0.0475. The Morgan fingerprint density at radius 1 is 0.939 bits per heavy atom. The van der Waals surface area contributed by atoms with Gasteiger partial charge in [0, 0.05) is 12.1 Å². The third-order valence-corrected chi connectivity index (χ3v) is 6.45. The Morgan fingerprint density at radius 2 is 1.67 bits per heavy atom. The maximum atomic E-state index is 13.6. The van der Waals surface area contributed by atoms with Crippen LogP contribution in [0.4, 0.5) is 0 Å². The molecule has 0 aliphatic heterocycles. The highest BCUT2D eigenvalue weighted by atomic mass is 16.3. The molecule has 0 saturated heterocycles. The van der Waals surface area contributed by atoms with Gasteiger partial charge in [-0.25, -0.2) is 4.68 Å². The van der Waals surface area contributed by atoms with Crippen molar-refractivity contribution in [1.29, 1.82) is 0 Å². The van der Waals surface area contributed by atoms with Gasteiger partial charge in [-0.05, 0) is 60.9 Å². The minimum atomic E-state index is -0.235. The van der Waals surface area contributed by atoms with E-state index in [4.69, 9.17) is 0 Å². The molecule has 1 heterocycles. The van der Waals surface area contributed by atoms with E-state index < -0.39 is 0 Å². The van der Waals surface area contributed by atoms with E-state index in [0.717, 1.165) is 42.5 Å². The van der Waals surface area contributed by atoms with Crippen molar-refractivity contribution in [3.8, 4) is 11.4 Å². The van der Waals surface area contributed by atoms with Gasteiger partial charge in [0.15, 0.2) is 0 Å². The number of benzene rings is 3. The number of phenols is 1. The fraction of sp³-hybridized carbons (Fsp3) is 0.259. The summed E-state index contributed by atoms with van der Waals surface area (Å²) in [6, 6.07) is 22.1. The SMILES string of the molecule is O=C(NCc1ccc(O)cc1)c1ccc2c(c1)c(=O)n(-c1ccccc1)n2C1CCCCC1. The van der Waals surface area contributed by atoms with Crippen molar-refractivity contribution in [2.45, 2.75) is 44.7 Å². The molecule has 1 aromatic heterocycles. The third-order valence-electron chi connectivity index (χ3n) is 6.45. The van der Waals surface area contributed by atoms with Crippen LogP contribution in [0.25, 0.3) is 16.6 Å². The van der Waals surface area contributed by atoms with E-state index in [1.807, 2.05) is 36.4 Å². The van der Waals surface area contributed by atoms with Gasteiger partial charge in [0.1, 0.15) is 5.75 Å². The molecule has 3 aromatic carbocycles. The van der Waals surface area contributed by atoms with E-state index in [0.29, 0.717) is 17.5 Å². The molecule has 4 aromatic rings. The lowest BCUT2D eigenvalue weighted by atomic mass is 9.95. The van der Waals surface area contributed by atoms with Gasteiger partial charge in [0.2, 0.25) is 0 Å². The first-order valence-electron chi connectivity index (χ1n) is 11.5. The third kappa shape index (κ3) is 4.16. The molecule has 0 bridgehead atoms. The molecule has 0 atom stereocenters. The predicted molar refractivity (Wildman–Crippen MR) is 129 cm³/mol. The second kappa shape index (κ2) is 8.98. The summed E-state index contributed by atoms with van der Waals surface area (Å²) in [7, 11) is 0. The number of phenolic OH excluding ortho intramolecular Hbond substituents is 1. The Balaban J connectivity index is 1.52. The zero-order valence-corrected chi connectivity index (χ0v) is 18.4. The van der Waals surface area contributed by atoms with E-state index in [1.54, 1.807) is 41.1 Å². The van der Waals surface area contributed by atoms with Crippen LogP contribution in [0.1, 0.15) is 54.1 Å². The highest BCUT2D eigenvalue weighted by Gasteiger charge is 2.24. The molecule has 0 unspecified atom stereocenters. The van der Waals surface area contributed by atoms with Crippen LogP contribution < -0.4 is 10.9 Å². The summed E-state index contributed by atoms with van der Waals surface area (Å²) >= 11 is 0. The van der Waals surface area contributed by atoms with Crippen molar-refractivity contribution in [2.75, 3.05) is 0 Å². The van der Waals surface area contributed by atoms with Crippen LogP contribution in [0, 0.1) is 0 Å². The Labute approximate surface area is 192 Å². The summed E-state index contributed by atoms with van der Waals surface area (Å²) in [6.45, 7) is 0.342. The molecule has 0 spiro atoms. The quantitative estimate of drug-likeness (QED) is 0.461. The molecule has 168 valence electrons. The molecule has 6 nitrogen and oxygen atoms in total. The van der Waals surface area contributed by atoms with Crippen LogP contribution in [0.3, 0.4) is 0 Å². The zero-order chi connectivity index (χ0) is 22.8. The average Bonchev–Trinajstić information content (AvgIpc) is 3.16. The average molecular weight is 442 g/mol. The van der Waals surface area contributed by atoms with Crippen molar-refractivity contribution in [2.24, 2.45) is 0 Å². The van der Waals surface area contributed by atoms with E-state index in [9.17, 15) is 14.7 Å². The minimum absolute atomic E-state index is 0.102. The van der Waals surface area contributed by atoms with Gasteiger partial charge in [-0.1, -0.05) is 49.6 Å². The lowest BCUT2D eigenvalue weighted by molar-refractivity contribution is 0.0951. The van der Waals surface area contributed by atoms with Crippen LogP contribution in [-0.2, 0) is 6.54 Å². The molecular formula is C27H27N3O3. The summed E-state index contributed by atoms with van der Waals surface area (Å²) in [4.78, 5) is 26.4. The first-order chi connectivity index (χ1) is 16.1. The van der Waals surface area contributed by atoms with E-state index in [-0.39, 0.29) is 23.3 Å². The van der Waals surface area contributed by atoms with Gasteiger partial charge in [-0.15, -0.1) is 0 Å². The lowest BCUT2D eigenvalue weighted by Crippen LogP contribution is -2.25. The number of fused-ring (bicyclic) bond motifs is 1. The molecule has 1 saturated carbocycles. The predicted octanol–water partition coefficient (Wildman–Crippen LogP) is 4.93. The maximum absolute atomic E-state index is 13.6. The number of rotatable bonds is 5. The van der Waals surface area contributed by atoms with Crippen molar-refractivity contribution in [3.63, 3.8) is 0 Å². The summed E-state index contributed by atoms with van der Waals surface area (Å²) in [5.41, 5.74) is 2.94. The van der Waals surface area contributed by atoms with Gasteiger partial charge in [0.05, 0.1) is 22.6 Å². The molecule has 0 radical (unpaired) electrons. The van der Waals surface area contributed by atoms with Crippen molar-refractivity contribution in [3.05, 3.63) is 94.3 Å². The normalized spacial score (nSPS) is 14.4. The van der Waals surface area contributed by atoms with Crippen molar-refractivity contribution < 1.29 is 9.90 Å². The highest BCUT2D eigenvalue weighted by Crippen LogP contribution is 2.31.